The Morgan fingerprint density at radius 3 is 2.62 bits per heavy atom. The fraction of sp³-hybridized carbons (Fsp3) is 0.350. The molecule has 1 aromatic heterocycles. The summed E-state index contributed by atoms with van der Waals surface area (Å²) in [5.74, 6) is -2.11. The molecular formula is C20H22F2N4O3. The molecule has 0 bridgehead atoms. The van der Waals surface area contributed by atoms with Gasteiger partial charge in [-0.25, -0.2) is 18.6 Å². The lowest BCUT2D eigenvalue weighted by Crippen LogP contribution is -2.39. The van der Waals surface area contributed by atoms with Crippen LogP contribution < -0.4 is 20.7 Å². The number of nitrogens with one attached hydrogen (secondary N) is 3. The number of aromatic nitrogens is 1. The fourth-order valence-corrected chi connectivity index (χ4v) is 2.99. The zero-order valence-corrected chi connectivity index (χ0v) is 15.7. The van der Waals surface area contributed by atoms with Crippen LogP contribution in [0.15, 0.2) is 36.5 Å². The zero-order valence-electron chi connectivity index (χ0n) is 15.7. The summed E-state index contributed by atoms with van der Waals surface area (Å²) < 4.78 is 31.8. The third kappa shape index (κ3) is 6.41. The molecule has 2 aromatic rings. The number of pyridine rings is 1. The van der Waals surface area contributed by atoms with Crippen molar-refractivity contribution in [3.63, 3.8) is 0 Å². The largest absolute Gasteiger partial charge is 0.474 e. The predicted molar refractivity (Wildman–Crippen MR) is 102 cm³/mol. The van der Waals surface area contributed by atoms with E-state index in [0.717, 1.165) is 43.4 Å². The number of carbonyl (C=O) groups excluding carboxylic acids is 2. The average Bonchev–Trinajstić information content (AvgIpc) is 3.21. The number of anilines is 1. The van der Waals surface area contributed by atoms with Gasteiger partial charge in [0.15, 0.2) is 11.6 Å². The van der Waals surface area contributed by atoms with Gasteiger partial charge in [-0.1, -0.05) is 0 Å². The topological polar surface area (TPSA) is 92.4 Å². The number of carbonyl (C=O) groups is 2. The van der Waals surface area contributed by atoms with Gasteiger partial charge in [0.05, 0.1) is 6.54 Å². The van der Waals surface area contributed by atoms with Crippen molar-refractivity contribution in [2.75, 3.05) is 11.9 Å². The standard InChI is InChI=1S/C20H22F2N4O3/c21-16-6-5-14(10-17(16)22)26-18(27)12-25-20(28)24-11-13-7-8-23-19(9-13)29-15-3-1-2-4-15/h5-10,15H,1-4,11-12H2,(H,26,27)(H2,24,25,28). The Morgan fingerprint density at radius 1 is 1.07 bits per heavy atom. The van der Waals surface area contributed by atoms with Gasteiger partial charge in [-0.05, 0) is 49.4 Å². The molecule has 0 saturated heterocycles. The summed E-state index contributed by atoms with van der Waals surface area (Å²) in [4.78, 5) is 27.9. The summed E-state index contributed by atoms with van der Waals surface area (Å²) in [6.07, 6.45) is 6.19. The van der Waals surface area contributed by atoms with Crippen molar-refractivity contribution in [2.24, 2.45) is 0 Å². The maximum absolute atomic E-state index is 13.1. The van der Waals surface area contributed by atoms with Crippen LogP contribution in [-0.4, -0.2) is 29.6 Å². The first kappa shape index (κ1) is 20.5. The van der Waals surface area contributed by atoms with Crippen molar-refractivity contribution in [3.05, 3.63) is 53.7 Å². The molecule has 0 aliphatic heterocycles. The van der Waals surface area contributed by atoms with Crippen molar-refractivity contribution >= 4 is 17.6 Å². The van der Waals surface area contributed by atoms with Crippen LogP contribution in [0, 0.1) is 11.6 Å². The van der Waals surface area contributed by atoms with Gasteiger partial charge in [0.25, 0.3) is 0 Å². The van der Waals surface area contributed by atoms with Crippen molar-refractivity contribution in [3.8, 4) is 5.88 Å². The minimum Gasteiger partial charge on any atom is -0.474 e. The first-order chi connectivity index (χ1) is 14.0. The molecule has 7 nitrogen and oxygen atoms in total. The van der Waals surface area contributed by atoms with Gasteiger partial charge in [-0.2, -0.15) is 0 Å². The van der Waals surface area contributed by atoms with Crippen molar-refractivity contribution in [1.29, 1.82) is 0 Å². The van der Waals surface area contributed by atoms with Crippen molar-refractivity contribution < 1.29 is 23.1 Å². The van der Waals surface area contributed by atoms with E-state index in [0.29, 0.717) is 5.88 Å². The molecule has 3 N–H and O–H groups in total. The number of ether oxygens (including phenoxy) is 1. The van der Waals surface area contributed by atoms with Gasteiger partial charge in [-0.3, -0.25) is 4.79 Å². The average molecular weight is 404 g/mol. The molecule has 29 heavy (non-hydrogen) atoms. The molecule has 0 atom stereocenters. The quantitative estimate of drug-likeness (QED) is 0.661. The molecule has 3 rings (SSSR count). The van der Waals surface area contributed by atoms with Gasteiger partial charge in [-0.15, -0.1) is 0 Å². The smallest absolute Gasteiger partial charge is 0.315 e. The summed E-state index contributed by atoms with van der Waals surface area (Å²) in [6.45, 7) is -0.0859. The summed E-state index contributed by atoms with van der Waals surface area (Å²) in [5.41, 5.74) is 0.914. The molecule has 1 aliphatic carbocycles. The van der Waals surface area contributed by atoms with E-state index in [9.17, 15) is 18.4 Å². The van der Waals surface area contributed by atoms with E-state index < -0.39 is 23.6 Å². The highest BCUT2D eigenvalue weighted by Crippen LogP contribution is 2.23. The van der Waals surface area contributed by atoms with Crippen LogP contribution in [0.25, 0.3) is 0 Å². The van der Waals surface area contributed by atoms with Crippen LogP contribution in [0.2, 0.25) is 0 Å². The molecule has 1 fully saturated rings. The van der Waals surface area contributed by atoms with Crippen LogP contribution in [-0.2, 0) is 11.3 Å². The van der Waals surface area contributed by atoms with E-state index in [-0.39, 0.29) is 24.9 Å². The maximum atomic E-state index is 13.1. The molecule has 1 saturated carbocycles. The number of rotatable bonds is 7. The highest BCUT2D eigenvalue weighted by Gasteiger charge is 2.17. The van der Waals surface area contributed by atoms with Crippen LogP contribution in [0.5, 0.6) is 5.88 Å². The highest BCUT2D eigenvalue weighted by atomic mass is 19.2. The predicted octanol–water partition coefficient (Wildman–Crippen LogP) is 3.12. The number of nitrogens with zero attached hydrogens (tertiary/aromatic N) is 1. The van der Waals surface area contributed by atoms with Crippen molar-refractivity contribution in [1.82, 2.24) is 15.6 Å². The van der Waals surface area contributed by atoms with Crippen LogP contribution in [0.3, 0.4) is 0 Å². The summed E-state index contributed by atoms with van der Waals surface area (Å²) in [6, 6.07) is 5.99. The normalized spacial score (nSPS) is 13.7. The van der Waals surface area contributed by atoms with E-state index in [1.54, 1.807) is 18.3 Å². The fourth-order valence-electron chi connectivity index (χ4n) is 2.99. The molecule has 9 heteroatoms. The second-order valence-corrected chi connectivity index (χ2v) is 6.74. The molecule has 0 radical (unpaired) electrons. The van der Waals surface area contributed by atoms with E-state index in [4.69, 9.17) is 4.74 Å². The second kappa shape index (κ2) is 9.81. The Labute approximate surface area is 166 Å². The lowest BCUT2D eigenvalue weighted by molar-refractivity contribution is -0.115. The number of hydrogen-bond acceptors (Lipinski definition) is 4. The van der Waals surface area contributed by atoms with Crippen LogP contribution in [0.4, 0.5) is 19.3 Å². The van der Waals surface area contributed by atoms with Crippen LogP contribution >= 0.6 is 0 Å². The van der Waals surface area contributed by atoms with Gasteiger partial charge in [0.2, 0.25) is 11.8 Å². The molecular weight excluding hydrogens is 382 g/mol. The van der Waals surface area contributed by atoms with E-state index >= 15 is 0 Å². The van der Waals surface area contributed by atoms with E-state index in [2.05, 4.69) is 20.9 Å². The van der Waals surface area contributed by atoms with E-state index in [1.807, 2.05) is 0 Å². The molecule has 154 valence electrons. The third-order valence-electron chi connectivity index (χ3n) is 4.45. The summed E-state index contributed by atoms with van der Waals surface area (Å²) in [5, 5.41) is 7.40. The number of halogens is 2. The first-order valence-corrected chi connectivity index (χ1v) is 9.38. The monoisotopic (exact) mass is 404 g/mol. The number of amides is 3. The summed E-state index contributed by atoms with van der Waals surface area (Å²) >= 11 is 0. The molecule has 1 heterocycles. The van der Waals surface area contributed by atoms with Gasteiger partial charge < -0.3 is 20.7 Å². The SMILES string of the molecule is O=C(CNC(=O)NCc1ccnc(OC2CCCC2)c1)Nc1ccc(F)c(F)c1. The Hall–Kier alpha value is -3.23. The second-order valence-electron chi connectivity index (χ2n) is 6.74. The van der Waals surface area contributed by atoms with Gasteiger partial charge >= 0.3 is 6.03 Å². The summed E-state index contributed by atoms with van der Waals surface area (Å²) in [7, 11) is 0. The number of benzene rings is 1. The Morgan fingerprint density at radius 2 is 1.86 bits per heavy atom. The molecule has 3 amide bonds. The molecule has 1 aliphatic rings. The third-order valence-corrected chi connectivity index (χ3v) is 4.45. The number of hydrogen-bond donors (Lipinski definition) is 3. The van der Waals surface area contributed by atoms with Gasteiger partial charge in [0.1, 0.15) is 6.10 Å². The minimum absolute atomic E-state index is 0.0997. The molecule has 0 spiro atoms. The zero-order chi connectivity index (χ0) is 20.6. The highest BCUT2D eigenvalue weighted by molar-refractivity contribution is 5.94. The Balaban J connectivity index is 1.40. The first-order valence-electron chi connectivity index (χ1n) is 9.38. The molecule has 0 unspecified atom stereocenters. The lowest BCUT2D eigenvalue weighted by Gasteiger charge is -2.13. The molecule has 1 aromatic carbocycles. The van der Waals surface area contributed by atoms with E-state index in [1.165, 1.54) is 6.07 Å². The number of urea groups is 1. The maximum Gasteiger partial charge on any atom is 0.315 e. The Bertz CT molecular complexity index is 873. The van der Waals surface area contributed by atoms with Crippen molar-refractivity contribution in [2.45, 2.75) is 38.3 Å². The Kier molecular flexibility index (Phi) is 6.94. The minimum atomic E-state index is -1.07. The lowest BCUT2D eigenvalue weighted by atomic mass is 10.2. The van der Waals surface area contributed by atoms with Crippen LogP contribution in [0.1, 0.15) is 31.2 Å². The van der Waals surface area contributed by atoms with Gasteiger partial charge in [0, 0.05) is 30.6 Å².